The molecule has 0 aliphatic heterocycles. The molecule has 2 heterocycles. The van der Waals surface area contributed by atoms with E-state index < -0.39 is 0 Å². The molecule has 0 radical (unpaired) electrons. The number of unbranched alkanes of at least 4 members (excludes halogenated alkanes) is 1. The Balaban J connectivity index is 1.80. The number of hydrogen-bond donors (Lipinski definition) is 2. The number of rotatable bonds is 6. The Labute approximate surface area is 146 Å². The molecule has 2 N–H and O–H groups in total. The number of benzene rings is 1. The number of halogens is 1. The van der Waals surface area contributed by atoms with Crippen molar-refractivity contribution in [2.24, 2.45) is 7.05 Å². The maximum Gasteiger partial charge on any atom is 0.268 e. The Bertz CT molecular complexity index is 852. The lowest BCUT2D eigenvalue weighted by atomic mass is 10.1. The average molecular weight is 345 g/mol. The quantitative estimate of drug-likeness (QED) is 0.703. The third-order valence-electron chi connectivity index (χ3n) is 4.07. The van der Waals surface area contributed by atoms with Crippen molar-refractivity contribution >= 4 is 28.4 Å². The summed E-state index contributed by atoms with van der Waals surface area (Å²) in [6.07, 6.45) is 4.87. The van der Waals surface area contributed by atoms with Gasteiger partial charge in [-0.05, 0) is 36.8 Å². The van der Waals surface area contributed by atoms with Gasteiger partial charge >= 0.3 is 0 Å². The number of fused-ring (bicyclic) bond motifs is 1. The van der Waals surface area contributed by atoms with Gasteiger partial charge in [-0.3, -0.25) is 9.48 Å². The van der Waals surface area contributed by atoms with Crippen molar-refractivity contribution in [1.29, 1.82) is 0 Å². The Morgan fingerprint density at radius 1 is 1.38 bits per heavy atom. The summed E-state index contributed by atoms with van der Waals surface area (Å²) in [5.74, 6) is -0.130. The molecule has 3 aromatic rings. The second-order valence-corrected chi connectivity index (χ2v) is 6.43. The number of nitrogens with one attached hydrogen (secondary N) is 2. The van der Waals surface area contributed by atoms with Crippen molar-refractivity contribution in [3.63, 3.8) is 0 Å². The largest absolute Gasteiger partial charge is 0.351 e. The van der Waals surface area contributed by atoms with Crippen LogP contribution in [-0.2, 0) is 7.05 Å². The third-order valence-corrected chi connectivity index (χ3v) is 4.31. The fraction of sp³-hybridized carbons (Fsp3) is 0.333. The number of aromatic amines is 1. The SMILES string of the molecule is CCCCC(NC(=O)c1cc2cc(Cl)ccc2[nH]1)c1ccn(C)n1. The summed E-state index contributed by atoms with van der Waals surface area (Å²) in [6, 6.07) is 9.21. The summed E-state index contributed by atoms with van der Waals surface area (Å²) in [5.41, 5.74) is 2.32. The molecule has 1 atom stereocenters. The van der Waals surface area contributed by atoms with Crippen LogP contribution in [-0.4, -0.2) is 20.7 Å². The lowest BCUT2D eigenvalue weighted by Crippen LogP contribution is -2.29. The van der Waals surface area contributed by atoms with E-state index in [-0.39, 0.29) is 11.9 Å². The van der Waals surface area contributed by atoms with Gasteiger partial charge in [-0.25, -0.2) is 0 Å². The molecule has 1 unspecified atom stereocenters. The monoisotopic (exact) mass is 344 g/mol. The van der Waals surface area contributed by atoms with E-state index in [0.29, 0.717) is 10.7 Å². The van der Waals surface area contributed by atoms with Gasteiger partial charge in [0.15, 0.2) is 0 Å². The Morgan fingerprint density at radius 3 is 2.92 bits per heavy atom. The highest BCUT2D eigenvalue weighted by Crippen LogP contribution is 2.22. The van der Waals surface area contributed by atoms with Gasteiger partial charge in [0.05, 0.1) is 11.7 Å². The summed E-state index contributed by atoms with van der Waals surface area (Å²) >= 11 is 6.01. The second kappa shape index (κ2) is 7.09. The Hall–Kier alpha value is -2.27. The van der Waals surface area contributed by atoms with Gasteiger partial charge in [-0.2, -0.15) is 5.10 Å². The molecule has 5 nitrogen and oxygen atoms in total. The van der Waals surface area contributed by atoms with E-state index in [4.69, 9.17) is 11.6 Å². The van der Waals surface area contributed by atoms with E-state index >= 15 is 0 Å². The third kappa shape index (κ3) is 3.62. The number of hydrogen-bond acceptors (Lipinski definition) is 2. The molecule has 0 aliphatic rings. The van der Waals surface area contributed by atoms with Crippen LogP contribution in [0.4, 0.5) is 0 Å². The van der Waals surface area contributed by atoms with Gasteiger partial charge in [0.1, 0.15) is 5.69 Å². The minimum Gasteiger partial charge on any atom is -0.351 e. The molecule has 24 heavy (non-hydrogen) atoms. The summed E-state index contributed by atoms with van der Waals surface area (Å²) in [4.78, 5) is 15.8. The molecular weight excluding hydrogens is 324 g/mol. The van der Waals surface area contributed by atoms with E-state index in [1.165, 1.54) is 0 Å². The maximum absolute atomic E-state index is 12.6. The predicted octanol–water partition coefficient (Wildman–Crippen LogP) is 4.22. The second-order valence-electron chi connectivity index (χ2n) is 6.00. The van der Waals surface area contributed by atoms with E-state index in [2.05, 4.69) is 22.3 Å². The van der Waals surface area contributed by atoms with Gasteiger partial charge in [0.2, 0.25) is 0 Å². The molecule has 6 heteroatoms. The highest BCUT2D eigenvalue weighted by molar-refractivity contribution is 6.31. The topological polar surface area (TPSA) is 62.7 Å². The summed E-state index contributed by atoms with van der Waals surface area (Å²) in [6.45, 7) is 2.14. The number of carbonyl (C=O) groups excluding carboxylic acids is 1. The van der Waals surface area contributed by atoms with E-state index in [1.54, 1.807) is 10.7 Å². The first-order chi connectivity index (χ1) is 11.6. The molecule has 2 aromatic heterocycles. The van der Waals surface area contributed by atoms with Gasteiger partial charge in [-0.15, -0.1) is 0 Å². The zero-order valence-corrected chi connectivity index (χ0v) is 14.6. The zero-order valence-electron chi connectivity index (χ0n) is 13.8. The number of nitrogens with zero attached hydrogens (tertiary/aromatic N) is 2. The fourth-order valence-corrected chi connectivity index (χ4v) is 2.96. The lowest BCUT2D eigenvalue weighted by Gasteiger charge is -2.16. The number of H-pyrrole nitrogens is 1. The lowest BCUT2D eigenvalue weighted by molar-refractivity contribution is 0.0929. The van der Waals surface area contributed by atoms with Crippen LogP contribution in [0.2, 0.25) is 5.02 Å². The number of aryl methyl sites for hydroxylation is 1. The summed E-state index contributed by atoms with van der Waals surface area (Å²) in [7, 11) is 1.88. The van der Waals surface area contributed by atoms with Crippen LogP contribution in [0.25, 0.3) is 10.9 Å². The number of aromatic nitrogens is 3. The molecule has 0 spiro atoms. The van der Waals surface area contributed by atoms with Crippen LogP contribution >= 0.6 is 11.6 Å². The van der Waals surface area contributed by atoms with Gasteiger partial charge in [0, 0.05) is 29.2 Å². The summed E-state index contributed by atoms with van der Waals surface area (Å²) < 4.78 is 1.76. The maximum atomic E-state index is 12.6. The van der Waals surface area contributed by atoms with Crippen LogP contribution in [0.1, 0.15) is 48.4 Å². The minimum atomic E-state index is -0.130. The van der Waals surface area contributed by atoms with Crippen molar-refractivity contribution in [3.8, 4) is 0 Å². The van der Waals surface area contributed by atoms with Crippen LogP contribution in [0.3, 0.4) is 0 Å². The Morgan fingerprint density at radius 2 is 2.21 bits per heavy atom. The molecule has 0 saturated heterocycles. The van der Waals surface area contributed by atoms with E-state index in [0.717, 1.165) is 35.9 Å². The first kappa shape index (κ1) is 16.6. The molecule has 1 amide bonds. The highest BCUT2D eigenvalue weighted by Gasteiger charge is 2.19. The van der Waals surface area contributed by atoms with Gasteiger partial charge in [-0.1, -0.05) is 31.4 Å². The predicted molar refractivity (Wildman–Crippen MR) is 96.2 cm³/mol. The van der Waals surface area contributed by atoms with Crippen LogP contribution < -0.4 is 5.32 Å². The average Bonchev–Trinajstić information content (AvgIpc) is 3.17. The standard InChI is InChI=1S/C18H21ClN4O/c1-3-4-5-15(16-8-9-23(2)22-16)21-18(24)17-11-12-10-13(19)6-7-14(12)20-17/h6-11,15,20H,3-5H2,1-2H3,(H,21,24). The molecule has 126 valence electrons. The fourth-order valence-electron chi connectivity index (χ4n) is 2.78. The molecule has 1 aromatic carbocycles. The van der Waals surface area contributed by atoms with Crippen molar-refractivity contribution in [2.75, 3.05) is 0 Å². The first-order valence-electron chi connectivity index (χ1n) is 8.15. The molecular formula is C18H21ClN4O. The highest BCUT2D eigenvalue weighted by atomic mass is 35.5. The van der Waals surface area contributed by atoms with Gasteiger partial charge < -0.3 is 10.3 Å². The molecule has 0 aliphatic carbocycles. The van der Waals surface area contributed by atoms with Crippen molar-refractivity contribution < 1.29 is 4.79 Å². The summed E-state index contributed by atoms with van der Waals surface area (Å²) in [5, 5.41) is 9.12. The van der Waals surface area contributed by atoms with E-state index in [1.807, 2.05) is 37.5 Å². The Kier molecular flexibility index (Phi) is 4.90. The smallest absolute Gasteiger partial charge is 0.268 e. The molecule has 3 rings (SSSR count). The minimum absolute atomic E-state index is 0.0892. The first-order valence-corrected chi connectivity index (χ1v) is 8.53. The van der Waals surface area contributed by atoms with Crippen LogP contribution in [0.5, 0.6) is 0 Å². The van der Waals surface area contributed by atoms with Gasteiger partial charge in [0.25, 0.3) is 5.91 Å². The molecule has 0 fully saturated rings. The van der Waals surface area contributed by atoms with E-state index in [9.17, 15) is 4.79 Å². The van der Waals surface area contributed by atoms with Crippen molar-refractivity contribution in [3.05, 3.63) is 52.9 Å². The van der Waals surface area contributed by atoms with Crippen LogP contribution in [0.15, 0.2) is 36.5 Å². The number of amides is 1. The number of carbonyl (C=O) groups is 1. The normalized spacial score (nSPS) is 12.5. The van der Waals surface area contributed by atoms with Crippen molar-refractivity contribution in [1.82, 2.24) is 20.1 Å². The molecule has 0 saturated carbocycles. The zero-order chi connectivity index (χ0) is 17.1. The van der Waals surface area contributed by atoms with Crippen LogP contribution in [0, 0.1) is 0 Å². The van der Waals surface area contributed by atoms with Crippen molar-refractivity contribution in [2.45, 2.75) is 32.2 Å². The molecule has 0 bridgehead atoms.